The molecule has 0 atom stereocenters. The summed E-state index contributed by atoms with van der Waals surface area (Å²) >= 11 is 0. The van der Waals surface area contributed by atoms with Gasteiger partial charge in [-0.25, -0.2) is 4.79 Å². The molecule has 0 bridgehead atoms. The van der Waals surface area contributed by atoms with Gasteiger partial charge in [0.2, 0.25) is 0 Å². The molecule has 1 aliphatic heterocycles. The SMILES string of the molecule is CC(C)(C)c1ccc(C(=O)OCC(=O)c2ccc3c(c2)NC(=O)CO3)cc1. The van der Waals surface area contributed by atoms with Gasteiger partial charge in [0.1, 0.15) is 5.75 Å². The van der Waals surface area contributed by atoms with Gasteiger partial charge in [-0.3, -0.25) is 9.59 Å². The number of hydrogen-bond acceptors (Lipinski definition) is 5. The second kappa shape index (κ2) is 7.23. The zero-order valence-electron chi connectivity index (χ0n) is 15.5. The molecule has 0 unspecified atom stereocenters. The van der Waals surface area contributed by atoms with Gasteiger partial charge in [0.05, 0.1) is 11.3 Å². The fourth-order valence-electron chi connectivity index (χ4n) is 2.66. The van der Waals surface area contributed by atoms with Gasteiger partial charge in [-0.1, -0.05) is 32.9 Å². The molecule has 2 aromatic rings. The van der Waals surface area contributed by atoms with Crippen LogP contribution in [0.2, 0.25) is 0 Å². The molecule has 0 fully saturated rings. The number of rotatable bonds is 4. The average Bonchev–Trinajstić information content (AvgIpc) is 2.64. The molecule has 1 aliphatic rings. The van der Waals surface area contributed by atoms with E-state index in [1.807, 2.05) is 12.1 Å². The van der Waals surface area contributed by atoms with E-state index >= 15 is 0 Å². The van der Waals surface area contributed by atoms with Crippen molar-refractivity contribution in [2.75, 3.05) is 18.5 Å². The lowest BCUT2D eigenvalue weighted by Crippen LogP contribution is -2.25. The smallest absolute Gasteiger partial charge is 0.338 e. The summed E-state index contributed by atoms with van der Waals surface area (Å²) in [5.41, 5.74) is 2.25. The average molecular weight is 367 g/mol. The highest BCUT2D eigenvalue weighted by Crippen LogP contribution is 2.28. The number of ether oxygens (including phenoxy) is 2. The summed E-state index contributed by atoms with van der Waals surface area (Å²) in [6.45, 7) is 5.83. The minimum atomic E-state index is -0.557. The van der Waals surface area contributed by atoms with Gasteiger partial charge in [-0.2, -0.15) is 0 Å². The van der Waals surface area contributed by atoms with E-state index in [4.69, 9.17) is 9.47 Å². The zero-order chi connectivity index (χ0) is 19.6. The monoisotopic (exact) mass is 367 g/mol. The molecule has 1 N–H and O–H groups in total. The third-order valence-electron chi connectivity index (χ3n) is 4.26. The Morgan fingerprint density at radius 2 is 1.74 bits per heavy atom. The zero-order valence-corrected chi connectivity index (χ0v) is 15.5. The second-order valence-electron chi connectivity index (χ2n) is 7.37. The maximum atomic E-state index is 12.3. The molecule has 6 nitrogen and oxygen atoms in total. The summed E-state index contributed by atoms with van der Waals surface area (Å²) in [5, 5.41) is 2.64. The van der Waals surface area contributed by atoms with Crippen molar-refractivity contribution in [3.63, 3.8) is 0 Å². The van der Waals surface area contributed by atoms with Crippen LogP contribution in [-0.2, 0) is 14.9 Å². The fraction of sp³-hybridized carbons (Fsp3) is 0.286. The molecule has 0 spiro atoms. The van der Waals surface area contributed by atoms with E-state index in [-0.39, 0.29) is 30.3 Å². The van der Waals surface area contributed by atoms with E-state index in [0.29, 0.717) is 22.6 Å². The molecule has 0 aliphatic carbocycles. The molecule has 140 valence electrons. The van der Waals surface area contributed by atoms with Gasteiger partial charge in [-0.05, 0) is 41.3 Å². The molecule has 1 heterocycles. The Labute approximate surface area is 157 Å². The first-order valence-electron chi connectivity index (χ1n) is 8.61. The summed E-state index contributed by atoms with van der Waals surface area (Å²) in [6.07, 6.45) is 0. The minimum Gasteiger partial charge on any atom is -0.482 e. The first-order chi connectivity index (χ1) is 12.7. The van der Waals surface area contributed by atoms with Crippen molar-refractivity contribution >= 4 is 23.3 Å². The van der Waals surface area contributed by atoms with Crippen molar-refractivity contribution in [2.24, 2.45) is 0 Å². The van der Waals surface area contributed by atoms with Crippen molar-refractivity contribution in [1.82, 2.24) is 0 Å². The molecule has 0 radical (unpaired) electrons. The van der Waals surface area contributed by atoms with Crippen molar-refractivity contribution in [1.29, 1.82) is 0 Å². The summed E-state index contributed by atoms with van der Waals surface area (Å²) in [5.74, 6) is -0.699. The van der Waals surface area contributed by atoms with Crippen LogP contribution in [0.1, 0.15) is 47.1 Å². The predicted octanol–water partition coefficient (Wildman–Crippen LogP) is 3.35. The molecule has 3 rings (SSSR count). The number of fused-ring (bicyclic) bond motifs is 1. The van der Waals surface area contributed by atoms with Gasteiger partial charge < -0.3 is 14.8 Å². The van der Waals surface area contributed by atoms with Crippen LogP contribution in [0.15, 0.2) is 42.5 Å². The van der Waals surface area contributed by atoms with Crippen LogP contribution >= 0.6 is 0 Å². The van der Waals surface area contributed by atoms with E-state index in [2.05, 4.69) is 26.1 Å². The standard InChI is InChI=1S/C21H21NO5/c1-21(2,3)15-7-4-13(5-8-15)20(25)27-11-17(23)14-6-9-18-16(10-14)22-19(24)12-26-18/h4-10H,11-12H2,1-3H3,(H,22,24). The first kappa shape index (κ1) is 18.6. The Hall–Kier alpha value is -3.15. The van der Waals surface area contributed by atoms with Gasteiger partial charge in [0.15, 0.2) is 19.0 Å². The van der Waals surface area contributed by atoms with Crippen molar-refractivity contribution in [3.05, 3.63) is 59.2 Å². The van der Waals surface area contributed by atoms with Crippen LogP contribution in [0.3, 0.4) is 0 Å². The van der Waals surface area contributed by atoms with E-state index in [0.717, 1.165) is 5.56 Å². The molecular weight excluding hydrogens is 346 g/mol. The van der Waals surface area contributed by atoms with Crippen molar-refractivity contribution < 1.29 is 23.9 Å². The van der Waals surface area contributed by atoms with Gasteiger partial charge in [0.25, 0.3) is 5.91 Å². The summed E-state index contributed by atoms with van der Waals surface area (Å²) in [4.78, 5) is 35.8. The number of hydrogen-bond donors (Lipinski definition) is 1. The number of nitrogens with one attached hydrogen (secondary N) is 1. The number of Topliss-reactive ketones (excluding diaryl/α,β-unsaturated/α-hetero) is 1. The molecule has 27 heavy (non-hydrogen) atoms. The minimum absolute atomic E-state index is 0.00994. The van der Waals surface area contributed by atoms with Crippen molar-refractivity contribution in [2.45, 2.75) is 26.2 Å². The number of carbonyl (C=O) groups excluding carboxylic acids is 3. The maximum Gasteiger partial charge on any atom is 0.338 e. The van der Waals surface area contributed by atoms with E-state index < -0.39 is 5.97 Å². The Bertz CT molecular complexity index is 894. The van der Waals surface area contributed by atoms with Gasteiger partial charge in [0, 0.05) is 5.56 Å². The number of amides is 1. The fourth-order valence-corrected chi connectivity index (χ4v) is 2.66. The van der Waals surface area contributed by atoms with Crippen LogP contribution < -0.4 is 10.1 Å². The van der Waals surface area contributed by atoms with Crippen LogP contribution in [-0.4, -0.2) is 30.9 Å². The number of anilines is 1. The summed E-state index contributed by atoms with van der Waals surface area (Å²) < 4.78 is 10.4. The molecule has 0 aromatic heterocycles. The molecular formula is C21H21NO5. The third-order valence-corrected chi connectivity index (χ3v) is 4.26. The van der Waals surface area contributed by atoms with Crippen LogP contribution in [0.4, 0.5) is 5.69 Å². The lowest BCUT2D eigenvalue weighted by atomic mass is 9.87. The van der Waals surface area contributed by atoms with Crippen molar-refractivity contribution in [3.8, 4) is 5.75 Å². The highest BCUT2D eigenvalue weighted by atomic mass is 16.5. The number of esters is 1. The number of carbonyl (C=O) groups is 3. The molecule has 1 amide bonds. The molecule has 0 saturated carbocycles. The largest absolute Gasteiger partial charge is 0.482 e. The van der Waals surface area contributed by atoms with Gasteiger partial charge >= 0.3 is 5.97 Å². The number of benzene rings is 2. The van der Waals surface area contributed by atoms with Gasteiger partial charge in [-0.15, -0.1) is 0 Å². The maximum absolute atomic E-state index is 12.3. The summed E-state index contributed by atoms with van der Waals surface area (Å²) in [6, 6.07) is 11.8. The lowest BCUT2D eigenvalue weighted by Gasteiger charge is -2.19. The molecule has 6 heteroatoms. The lowest BCUT2D eigenvalue weighted by molar-refractivity contribution is -0.118. The molecule has 0 saturated heterocycles. The Morgan fingerprint density at radius 3 is 2.41 bits per heavy atom. The van der Waals surface area contributed by atoms with Crippen LogP contribution in [0.25, 0.3) is 0 Å². The van der Waals surface area contributed by atoms with Crippen LogP contribution in [0.5, 0.6) is 5.75 Å². The highest BCUT2D eigenvalue weighted by Gasteiger charge is 2.19. The van der Waals surface area contributed by atoms with E-state index in [1.54, 1.807) is 24.3 Å². The Kier molecular flexibility index (Phi) is 4.99. The van der Waals surface area contributed by atoms with E-state index in [1.165, 1.54) is 6.07 Å². The first-order valence-corrected chi connectivity index (χ1v) is 8.61. The Balaban J connectivity index is 1.63. The number of ketones is 1. The second-order valence-corrected chi connectivity index (χ2v) is 7.37. The third kappa shape index (κ3) is 4.34. The predicted molar refractivity (Wildman–Crippen MR) is 100 cm³/mol. The van der Waals surface area contributed by atoms with Crippen LogP contribution in [0, 0.1) is 0 Å². The summed E-state index contributed by atoms with van der Waals surface area (Å²) in [7, 11) is 0. The highest BCUT2D eigenvalue weighted by molar-refractivity contribution is 6.02. The normalized spacial score (nSPS) is 13.2. The molecule has 2 aromatic carbocycles. The Morgan fingerprint density at radius 1 is 1.07 bits per heavy atom. The van der Waals surface area contributed by atoms with E-state index in [9.17, 15) is 14.4 Å². The quantitative estimate of drug-likeness (QED) is 0.662. The topological polar surface area (TPSA) is 81.7 Å².